The molecule has 0 bridgehead atoms. The fourth-order valence-electron chi connectivity index (χ4n) is 0.950. The Bertz CT molecular complexity index is 257. The molecule has 0 N–H and O–H groups in total. The predicted molar refractivity (Wildman–Crippen MR) is 46.9 cm³/mol. The van der Waals surface area contributed by atoms with Crippen LogP contribution >= 0.6 is 0 Å². The summed E-state index contributed by atoms with van der Waals surface area (Å²) in [5.74, 6) is 0. The Morgan fingerprint density at radius 2 is 2.50 bits per heavy atom. The van der Waals surface area contributed by atoms with Gasteiger partial charge < -0.3 is 4.42 Å². The lowest BCUT2D eigenvalue weighted by Gasteiger charge is -1.90. The third-order valence-corrected chi connectivity index (χ3v) is 1.67. The van der Waals surface area contributed by atoms with E-state index in [1.54, 1.807) is 12.5 Å². The lowest BCUT2D eigenvalue weighted by Crippen LogP contribution is -1.81. The Labute approximate surface area is 71.9 Å². The Kier molecular flexibility index (Phi) is 3.33. The molecular weight excluding hydrogens is 152 g/mol. The fraction of sp³-hybridized carbons (Fsp3) is 0.300. The topological polar surface area (TPSA) is 30.2 Å². The second-order valence-electron chi connectivity index (χ2n) is 2.74. The molecule has 12 heavy (non-hydrogen) atoms. The molecule has 0 aliphatic rings. The largest absolute Gasteiger partial charge is 0.472 e. The van der Waals surface area contributed by atoms with Crippen molar-refractivity contribution in [2.24, 2.45) is 0 Å². The second-order valence-corrected chi connectivity index (χ2v) is 2.74. The molecule has 2 heteroatoms. The van der Waals surface area contributed by atoms with Crippen LogP contribution < -0.4 is 0 Å². The summed E-state index contributed by atoms with van der Waals surface area (Å²) in [6.07, 6.45) is 8.01. The highest BCUT2D eigenvalue weighted by molar-refractivity contribution is 5.71. The number of carbonyl (C=O) groups is 1. The van der Waals surface area contributed by atoms with E-state index in [0.717, 1.165) is 24.7 Å². The first-order valence-electron chi connectivity index (χ1n) is 3.96. The van der Waals surface area contributed by atoms with Gasteiger partial charge in [-0.3, -0.25) is 4.79 Å². The van der Waals surface area contributed by atoms with Crippen molar-refractivity contribution in [1.82, 2.24) is 0 Å². The van der Waals surface area contributed by atoms with Crippen molar-refractivity contribution in [2.75, 3.05) is 0 Å². The monoisotopic (exact) mass is 164 g/mol. The average Bonchev–Trinajstić information content (AvgIpc) is 2.57. The van der Waals surface area contributed by atoms with Gasteiger partial charge in [-0.25, -0.2) is 0 Å². The number of aryl methyl sites for hydroxylation is 1. The van der Waals surface area contributed by atoms with Crippen LogP contribution in [0.2, 0.25) is 0 Å². The number of furan rings is 1. The standard InChI is InChI=1S/C10H12O2/c1-9(7-11)3-2-4-10-5-6-12-8-10/h3,5-8H,2,4H2,1H3/b9-3+. The molecule has 0 aliphatic carbocycles. The van der Waals surface area contributed by atoms with Crippen LogP contribution in [0.5, 0.6) is 0 Å². The van der Waals surface area contributed by atoms with Crippen molar-refractivity contribution in [3.05, 3.63) is 35.8 Å². The molecule has 0 saturated carbocycles. The molecule has 0 fully saturated rings. The van der Waals surface area contributed by atoms with E-state index in [1.165, 1.54) is 5.56 Å². The molecular formula is C10H12O2. The predicted octanol–water partition coefficient (Wildman–Crippen LogP) is 2.36. The van der Waals surface area contributed by atoms with Crippen molar-refractivity contribution >= 4 is 6.29 Å². The van der Waals surface area contributed by atoms with Crippen LogP contribution in [0.25, 0.3) is 0 Å². The van der Waals surface area contributed by atoms with Gasteiger partial charge in [0.25, 0.3) is 0 Å². The number of aldehydes is 1. The lowest BCUT2D eigenvalue weighted by atomic mass is 10.1. The molecule has 1 rings (SSSR count). The molecule has 2 nitrogen and oxygen atoms in total. The van der Waals surface area contributed by atoms with E-state index in [0.29, 0.717) is 0 Å². The van der Waals surface area contributed by atoms with E-state index < -0.39 is 0 Å². The van der Waals surface area contributed by atoms with Gasteiger partial charge in [-0.1, -0.05) is 6.08 Å². The summed E-state index contributed by atoms with van der Waals surface area (Å²) >= 11 is 0. The van der Waals surface area contributed by atoms with Crippen LogP contribution in [0.4, 0.5) is 0 Å². The molecule has 0 radical (unpaired) electrons. The van der Waals surface area contributed by atoms with Gasteiger partial charge in [0.05, 0.1) is 12.5 Å². The van der Waals surface area contributed by atoms with Crippen LogP contribution in [-0.4, -0.2) is 6.29 Å². The maximum atomic E-state index is 10.2. The number of rotatable bonds is 4. The SMILES string of the molecule is C/C(C=O)=C\CCc1ccoc1. The maximum Gasteiger partial charge on any atom is 0.145 e. The average molecular weight is 164 g/mol. The highest BCUT2D eigenvalue weighted by atomic mass is 16.3. The summed E-state index contributed by atoms with van der Waals surface area (Å²) in [5.41, 5.74) is 1.96. The normalized spacial score (nSPS) is 11.6. The second kappa shape index (κ2) is 4.54. The van der Waals surface area contributed by atoms with Crippen molar-refractivity contribution in [1.29, 1.82) is 0 Å². The molecule has 1 aromatic rings. The Balaban J connectivity index is 2.32. The van der Waals surface area contributed by atoms with Crippen molar-refractivity contribution in [3.63, 3.8) is 0 Å². The van der Waals surface area contributed by atoms with E-state index in [1.807, 2.05) is 19.1 Å². The summed E-state index contributed by atoms with van der Waals surface area (Å²) in [6, 6.07) is 1.93. The van der Waals surface area contributed by atoms with Crippen LogP contribution in [0.3, 0.4) is 0 Å². The molecule has 1 aromatic heterocycles. The molecule has 0 atom stereocenters. The summed E-state index contributed by atoms with van der Waals surface area (Å²) in [6.45, 7) is 1.81. The van der Waals surface area contributed by atoms with Crippen LogP contribution in [0.15, 0.2) is 34.7 Å². The minimum Gasteiger partial charge on any atom is -0.472 e. The summed E-state index contributed by atoms with van der Waals surface area (Å²) < 4.78 is 4.91. The first-order valence-corrected chi connectivity index (χ1v) is 3.96. The van der Waals surface area contributed by atoms with Gasteiger partial charge in [-0.2, -0.15) is 0 Å². The van der Waals surface area contributed by atoms with Crippen molar-refractivity contribution in [2.45, 2.75) is 19.8 Å². The number of allylic oxidation sites excluding steroid dienone is 2. The molecule has 0 amide bonds. The van der Waals surface area contributed by atoms with Crippen molar-refractivity contribution < 1.29 is 9.21 Å². The Morgan fingerprint density at radius 1 is 1.67 bits per heavy atom. The van der Waals surface area contributed by atoms with Crippen LogP contribution in [-0.2, 0) is 11.2 Å². The maximum absolute atomic E-state index is 10.2. The van der Waals surface area contributed by atoms with Gasteiger partial charge >= 0.3 is 0 Å². The minimum absolute atomic E-state index is 0.790. The first-order chi connectivity index (χ1) is 5.83. The zero-order chi connectivity index (χ0) is 8.81. The van der Waals surface area contributed by atoms with Gasteiger partial charge in [-0.05, 0) is 37.0 Å². The van der Waals surface area contributed by atoms with Gasteiger partial charge in [-0.15, -0.1) is 0 Å². The van der Waals surface area contributed by atoms with Crippen LogP contribution in [0.1, 0.15) is 18.9 Å². The number of hydrogen-bond acceptors (Lipinski definition) is 2. The van der Waals surface area contributed by atoms with E-state index in [2.05, 4.69) is 0 Å². The van der Waals surface area contributed by atoms with Crippen molar-refractivity contribution in [3.8, 4) is 0 Å². The highest BCUT2D eigenvalue weighted by Crippen LogP contribution is 2.04. The molecule has 0 aliphatic heterocycles. The van der Waals surface area contributed by atoms with E-state index in [9.17, 15) is 4.79 Å². The van der Waals surface area contributed by atoms with E-state index in [-0.39, 0.29) is 0 Å². The number of carbonyl (C=O) groups excluding carboxylic acids is 1. The molecule has 1 heterocycles. The van der Waals surface area contributed by atoms with Gasteiger partial charge in [0, 0.05) is 0 Å². The van der Waals surface area contributed by atoms with Gasteiger partial charge in [0.1, 0.15) is 6.29 Å². The third kappa shape index (κ3) is 2.74. The summed E-state index contributed by atoms with van der Waals surface area (Å²) in [4.78, 5) is 10.2. The first kappa shape index (κ1) is 8.78. The minimum atomic E-state index is 0.790. The van der Waals surface area contributed by atoms with Gasteiger partial charge in [0.2, 0.25) is 0 Å². The smallest absolute Gasteiger partial charge is 0.145 e. The summed E-state index contributed by atoms with van der Waals surface area (Å²) in [7, 11) is 0. The fourth-order valence-corrected chi connectivity index (χ4v) is 0.950. The molecule has 64 valence electrons. The highest BCUT2D eigenvalue weighted by Gasteiger charge is 1.91. The van der Waals surface area contributed by atoms with Gasteiger partial charge in [0.15, 0.2) is 0 Å². The molecule has 0 saturated heterocycles. The Morgan fingerprint density at radius 3 is 3.08 bits per heavy atom. The number of hydrogen-bond donors (Lipinski definition) is 0. The van der Waals surface area contributed by atoms with E-state index in [4.69, 9.17) is 4.42 Å². The Hall–Kier alpha value is -1.31. The lowest BCUT2D eigenvalue weighted by molar-refractivity contribution is -0.104. The van der Waals surface area contributed by atoms with E-state index >= 15 is 0 Å². The zero-order valence-electron chi connectivity index (χ0n) is 7.12. The van der Waals surface area contributed by atoms with Crippen LogP contribution in [0, 0.1) is 0 Å². The molecule has 0 aromatic carbocycles. The zero-order valence-corrected chi connectivity index (χ0v) is 7.12. The quantitative estimate of drug-likeness (QED) is 0.505. The summed E-state index contributed by atoms with van der Waals surface area (Å²) in [5, 5.41) is 0. The third-order valence-electron chi connectivity index (χ3n) is 1.67. The molecule has 0 spiro atoms. The molecule has 0 unspecified atom stereocenters.